The smallest absolute Gasteiger partial charge is 0.550 e. The fraction of sp³-hybridized carbons (Fsp3) is 0.125. The van der Waals surface area contributed by atoms with E-state index in [0.717, 1.165) is 12.6 Å². The fourth-order valence-corrected chi connectivity index (χ4v) is 0.822. The van der Waals surface area contributed by atoms with Crippen LogP contribution >= 0.6 is 22.6 Å². The van der Waals surface area contributed by atoms with Gasteiger partial charge in [-0.3, -0.25) is 0 Å². The molecule has 0 bridgehead atoms. The second-order valence-corrected chi connectivity index (χ2v) is 3.29. The van der Waals surface area contributed by atoms with Crippen LogP contribution in [0.25, 0.3) is 0 Å². The number of benzene rings is 1. The van der Waals surface area contributed by atoms with Crippen molar-refractivity contribution in [2.24, 2.45) is 0 Å². The molecule has 0 aliphatic carbocycles. The third-order valence-corrected chi connectivity index (χ3v) is 1.59. The van der Waals surface area contributed by atoms with Crippen molar-refractivity contribution in [3.05, 3.63) is 27.8 Å². The average molecular weight is 301 g/mol. The molecule has 13 heavy (non-hydrogen) atoms. The Hall–Kier alpha value is 0.220. The van der Waals surface area contributed by atoms with E-state index in [1.807, 2.05) is 24.3 Å². The molecule has 0 aliphatic rings. The molecule has 1 aromatic carbocycles. The Morgan fingerprint density at radius 2 is 1.69 bits per heavy atom. The number of halogens is 1. The van der Waals surface area contributed by atoms with Crippen molar-refractivity contribution in [3.8, 4) is 0 Å². The molecule has 5 heteroatoms. The first-order valence-electron chi connectivity index (χ1n) is 3.21. The molecule has 0 atom stereocenters. The van der Waals surface area contributed by atoms with E-state index in [4.69, 9.17) is 15.6 Å². The van der Waals surface area contributed by atoms with Gasteiger partial charge in [0, 0.05) is 15.2 Å². The molecular weight excluding hydrogens is 292 g/mol. The summed E-state index contributed by atoms with van der Waals surface area (Å²) >= 11 is 2.24. The molecule has 1 rings (SSSR count). The summed E-state index contributed by atoms with van der Waals surface area (Å²) < 4.78 is 1.22. The van der Waals surface area contributed by atoms with Gasteiger partial charge in [0.2, 0.25) is 0 Å². The van der Waals surface area contributed by atoms with E-state index in [0.29, 0.717) is 0 Å². The molecule has 3 nitrogen and oxygen atoms in total. The van der Waals surface area contributed by atoms with Crippen LogP contribution < -0.4 is 40.4 Å². The van der Waals surface area contributed by atoms with E-state index in [1.165, 1.54) is 3.57 Å². The van der Waals surface area contributed by atoms with Gasteiger partial charge in [-0.2, -0.15) is 0 Å². The summed E-state index contributed by atoms with van der Waals surface area (Å²) in [6.07, 6.45) is 0. The number of hydrogen-bond acceptors (Lipinski definition) is 3. The summed E-state index contributed by atoms with van der Waals surface area (Å²) in [5, 5.41) is 8.89. The van der Waals surface area contributed by atoms with Gasteiger partial charge in [0.25, 0.3) is 0 Å². The van der Waals surface area contributed by atoms with Crippen molar-refractivity contribution in [1.29, 1.82) is 0 Å². The number of aliphatic carboxylic acids is 1. The predicted octanol–water partition coefficient (Wildman–Crippen LogP) is -2.37. The Labute approximate surface area is 113 Å². The van der Waals surface area contributed by atoms with Gasteiger partial charge in [-0.05, 0) is 53.8 Å². The van der Waals surface area contributed by atoms with Crippen molar-refractivity contribution >= 4 is 34.2 Å². The average Bonchev–Trinajstić information content (AvgIpc) is 1.94. The van der Waals surface area contributed by atoms with E-state index < -0.39 is 5.97 Å². The zero-order valence-electron chi connectivity index (χ0n) is 7.58. The molecule has 0 unspecified atom stereocenters. The van der Waals surface area contributed by atoms with Crippen LogP contribution in [0.5, 0.6) is 0 Å². The molecule has 0 heterocycles. The molecule has 0 radical (unpaired) electrons. The van der Waals surface area contributed by atoms with Crippen molar-refractivity contribution < 1.29 is 39.5 Å². The third-order valence-electron chi connectivity index (χ3n) is 0.870. The van der Waals surface area contributed by atoms with Crippen molar-refractivity contribution in [1.82, 2.24) is 0 Å². The van der Waals surface area contributed by atoms with E-state index >= 15 is 0 Å². The summed E-state index contributed by atoms with van der Waals surface area (Å²) in [6, 6.07) is 7.75. The topological polar surface area (TPSA) is 66.1 Å². The number of nitrogen functional groups attached to an aromatic ring is 1. The molecule has 0 spiro atoms. The van der Waals surface area contributed by atoms with Gasteiger partial charge in [0.1, 0.15) is 0 Å². The maximum absolute atomic E-state index is 8.89. The van der Waals surface area contributed by atoms with Crippen LogP contribution in [-0.2, 0) is 4.79 Å². The van der Waals surface area contributed by atoms with Crippen LogP contribution in [0.3, 0.4) is 0 Å². The van der Waals surface area contributed by atoms with Gasteiger partial charge in [-0.25, -0.2) is 0 Å². The standard InChI is InChI=1S/C6H6IN.C2H4O2.Na/c7-5-1-3-6(8)4-2-5;1-2(3)4;/h1-4H,8H2;1H3,(H,3,4);/q;;+1/p-1. The minimum atomic E-state index is -1.08. The first kappa shape index (κ1) is 15.7. The first-order chi connectivity index (χ1) is 5.52. The summed E-state index contributed by atoms with van der Waals surface area (Å²) in [7, 11) is 0. The maximum atomic E-state index is 8.89. The summed E-state index contributed by atoms with van der Waals surface area (Å²) in [5.41, 5.74) is 6.25. The molecular formula is C8H9INNaO2. The van der Waals surface area contributed by atoms with Crippen LogP contribution in [0.4, 0.5) is 5.69 Å². The quantitative estimate of drug-likeness (QED) is 0.331. The number of carbonyl (C=O) groups excluding carboxylic acids is 1. The normalized spacial score (nSPS) is 7.54. The van der Waals surface area contributed by atoms with Crippen molar-refractivity contribution in [3.63, 3.8) is 0 Å². The van der Waals surface area contributed by atoms with E-state index in [9.17, 15) is 0 Å². The summed E-state index contributed by atoms with van der Waals surface area (Å²) in [6.45, 7) is 0.972. The second-order valence-electron chi connectivity index (χ2n) is 2.04. The predicted molar refractivity (Wildman–Crippen MR) is 54.3 cm³/mol. The van der Waals surface area contributed by atoms with Gasteiger partial charge >= 0.3 is 29.6 Å². The van der Waals surface area contributed by atoms with Gasteiger partial charge in [-0.1, -0.05) is 0 Å². The summed E-state index contributed by atoms with van der Waals surface area (Å²) in [5.74, 6) is -1.08. The molecule has 0 saturated carbocycles. The number of carbonyl (C=O) groups is 1. The zero-order valence-corrected chi connectivity index (χ0v) is 11.7. The van der Waals surface area contributed by atoms with Crippen LogP contribution in [0.1, 0.15) is 6.92 Å². The van der Waals surface area contributed by atoms with Gasteiger partial charge in [0.05, 0.1) is 0 Å². The Balaban J connectivity index is 0. The number of carboxylic acids is 1. The molecule has 2 N–H and O–H groups in total. The minimum Gasteiger partial charge on any atom is -0.550 e. The van der Waals surface area contributed by atoms with E-state index in [2.05, 4.69) is 22.6 Å². The third kappa shape index (κ3) is 12.2. The fourth-order valence-electron chi connectivity index (χ4n) is 0.463. The molecule has 0 amide bonds. The number of nitrogens with two attached hydrogens (primary N) is 1. The van der Waals surface area contributed by atoms with Crippen LogP contribution in [0, 0.1) is 3.57 Å². The first-order valence-corrected chi connectivity index (χ1v) is 4.29. The molecule has 0 saturated heterocycles. The van der Waals surface area contributed by atoms with Gasteiger partial charge < -0.3 is 15.6 Å². The Kier molecular flexibility index (Phi) is 10.6. The Morgan fingerprint density at radius 3 is 1.92 bits per heavy atom. The van der Waals surface area contributed by atoms with E-state index in [-0.39, 0.29) is 29.6 Å². The van der Waals surface area contributed by atoms with Crippen LogP contribution in [0.15, 0.2) is 24.3 Å². The Bertz CT molecular complexity index is 226. The number of rotatable bonds is 0. The molecule has 1 aromatic rings. The zero-order chi connectivity index (χ0) is 9.56. The number of carboxylic acid groups (broad SMARTS) is 1. The molecule has 0 aliphatic heterocycles. The SMILES string of the molecule is CC(=O)[O-].Nc1ccc(I)cc1.[Na+]. The van der Waals surface area contributed by atoms with Crippen LogP contribution in [-0.4, -0.2) is 5.97 Å². The monoisotopic (exact) mass is 301 g/mol. The largest absolute Gasteiger partial charge is 1.00 e. The maximum Gasteiger partial charge on any atom is 1.00 e. The Morgan fingerprint density at radius 1 is 1.38 bits per heavy atom. The van der Waals surface area contributed by atoms with E-state index in [1.54, 1.807) is 0 Å². The number of anilines is 1. The van der Waals surface area contributed by atoms with Gasteiger partial charge in [0.15, 0.2) is 0 Å². The van der Waals surface area contributed by atoms with Crippen molar-refractivity contribution in [2.45, 2.75) is 6.92 Å². The second kappa shape index (κ2) is 8.80. The summed E-state index contributed by atoms with van der Waals surface area (Å²) in [4.78, 5) is 8.89. The molecule has 66 valence electrons. The van der Waals surface area contributed by atoms with Crippen LogP contribution in [0.2, 0.25) is 0 Å². The van der Waals surface area contributed by atoms with Crippen molar-refractivity contribution in [2.75, 3.05) is 5.73 Å². The minimum absolute atomic E-state index is 0. The molecule has 0 fully saturated rings. The van der Waals surface area contributed by atoms with Gasteiger partial charge in [-0.15, -0.1) is 0 Å². The number of hydrogen-bond donors (Lipinski definition) is 1. The molecule has 0 aromatic heterocycles.